The summed E-state index contributed by atoms with van der Waals surface area (Å²) >= 11 is 3.34. The minimum Gasteiger partial charge on any atom is -0.481 e. The summed E-state index contributed by atoms with van der Waals surface area (Å²) in [5, 5.41) is 9.07. The highest BCUT2D eigenvalue weighted by Crippen LogP contribution is 2.28. The second kappa shape index (κ2) is 5.36. The first kappa shape index (κ1) is 13.5. The number of hydrogen-bond acceptors (Lipinski definition) is 2. The number of benzene rings is 1. The fraction of sp³-hybridized carbons (Fsp3) is 0.462. The number of hydrogen-bond donors (Lipinski definition) is 1. The minimum atomic E-state index is -0.733. The van der Waals surface area contributed by atoms with Crippen LogP contribution < -0.4 is 0 Å². The van der Waals surface area contributed by atoms with Crippen LogP contribution in [0, 0.1) is 11.7 Å². The van der Waals surface area contributed by atoms with Crippen LogP contribution in [-0.2, 0) is 11.3 Å². The predicted octanol–water partition coefficient (Wildman–Crippen LogP) is 2.88. The Morgan fingerprint density at radius 2 is 2.33 bits per heavy atom. The quantitative estimate of drug-likeness (QED) is 0.932. The topological polar surface area (TPSA) is 40.5 Å². The standard InChI is InChI=1S/C13H15BrFNO2/c1-8-11(13(17)18)4-5-16(8)7-9-2-3-10(15)6-12(9)14/h2-3,6,8,11H,4-5,7H2,1H3,(H,17,18). The Morgan fingerprint density at radius 3 is 2.89 bits per heavy atom. The molecule has 2 unspecified atom stereocenters. The van der Waals surface area contributed by atoms with Crippen LogP contribution in [0.5, 0.6) is 0 Å². The van der Waals surface area contributed by atoms with Gasteiger partial charge in [-0.1, -0.05) is 22.0 Å². The van der Waals surface area contributed by atoms with Crippen molar-refractivity contribution in [2.75, 3.05) is 6.54 Å². The highest BCUT2D eigenvalue weighted by Gasteiger charge is 2.35. The number of likely N-dealkylation sites (tertiary alicyclic amines) is 1. The van der Waals surface area contributed by atoms with Crippen LogP contribution in [0.25, 0.3) is 0 Å². The summed E-state index contributed by atoms with van der Waals surface area (Å²) in [6, 6.07) is 4.61. The molecular formula is C13H15BrFNO2. The van der Waals surface area contributed by atoms with Crippen LogP contribution in [0.2, 0.25) is 0 Å². The second-order valence-corrected chi connectivity index (χ2v) is 5.53. The third-order valence-corrected chi connectivity index (χ3v) is 4.33. The Bertz CT molecular complexity index is 466. The molecule has 0 amide bonds. The maximum absolute atomic E-state index is 13.0. The van der Waals surface area contributed by atoms with Gasteiger partial charge in [0, 0.05) is 17.1 Å². The molecule has 0 bridgehead atoms. The number of carboxylic acid groups (broad SMARTS) is 1. The number of nitrogens with zero attached hydrogens (tertiary/aromatic N) is 1. The van der Waals surface area contributed by atoms with Crippen molar-refractivity contribution in [1.29, 1.82) is 0 Å². The fourth-order valence-corrected chi connectivity index (χ4v) is 2.90. The molecule has 18 heavy (non-hydrogen) atoms. The smallest absolute Gasteiger partial charge is 0.308 e. The molecular weight excluding hydrogens is 301 g/mol. The molecule has 1 aromatic rings. The number of carbonyl (C=O) groups is 1. The number of rotatable bonds is 3. The molecule has 1 aliphatic rings. The van der Waals surface area contributed by atoms with E-state index >= 15 is 0 Å². The van der Waals surface area contributed by atoms with Crippen molar-refractivity contribution >= 4 is 21.9 Å². The van der Waals surface area contributed by atoms with Crippen molar-refractivity contribution in [2.45, 2.75) is 25.9 Å². The summed E-state index contributed by atoms with van der Waals surface area (Å²) in [6.45, 7) is 3.34. The zero-order valence-electron chi connectivity index (χ0n) is 10.1. The molecule has 3 nitrogen and oxygen atoms in total. The van der Waals surface area contributed by atoms with Crippen molar-refractivity contribution in [3.05, 3.63) is 34.1 Å². The Labute approximate surface area is 114 Å². The fourth-order valence-electron chi connectivity index (χ4n) is 2.43. The zero-order valence-corrected chi connectivity index (χ0v) is 11.7. The van der Waals surface area contributed by atoms with E-state index in [1.807, 2.05) is 6.92 Å². The number of aliphatic carboxylic acids is 1. The lowest BCUT2D eigenvalue weighted by atomic mass is 10.0. The van der Waals surface area contributed by atoms with Crippen LogP contribution in [0.15, 0.2) is 22.7 Å². The largest absolute Gasteiger partial charge is 0.481 e. The molecule has 2 atom stereocenters. The molecule has 1 fully saturated rings. The molecule has 0 aromatic heterocycles. The third-order valence-electron chi connectivity index (χ3n) is 3.59. The van der Waals surface area contributed by atoms with E-state index in [1.54, 1.807) is 6.07 Å². The van der Waals surface area contributed by atoms with E-state index in [0.717, 1.165) is 16.6 Å². The van der Waals surface area contributed by atoms with Gasteiger partial charge >= 0.3 is 5.97 Å². The molecule has 5 heteroatoms. The highest BCUT2D eigenvalue weighted by atomic mass is 79.9. The molecule has 1 N–H and O–H groups in total. The van der Waals surface area contributed by atoms with Crippen LogP contribution in [0.3, 0.4) is 0 Å². The highest BCUT2D eigenvalue weighted by molar-refractivity contribution is 9.10. The van der Waals surface area contributed by atoms with E-state index in [9.17, 15) is 9.18 Å². The van der Waals surface area contributed by atoms with E-state index in [4.69, 9.17) is 5.11 Å². The summed E-state index contributed by atoms with van der Waals surface area (Å²) in [4.78, 5) is 13.2. The second-order valence-electron chi connectivity index (χ2n) is 4.68. The summed E-state index contributed by atoms with van der Waals surface area (Å²) in [5.41, 5.74) is 0.981. The first-order valence-corrected chi connectivity index (χ1v) is 6.69. The lowest BCUT2D eigenvalue weighted by Gasteiger charge is -2.23. The summed E-state index contributed by atoms with van der Waals surface area (Å²) in [5.74, 6) is -1.31. The molecule has 2 rings (SSSR count). The normalized spacial score (nSPS) is 24.4. The molecule has 0 spiro atoms. The van der Waals surface area contributed by atoms with E-state index < -0.39 is 5.97 Å². The van der Waals surface area contributed by atoms with Crippen LogP contribution >= 0.6 is 15.9 Å². The predicted molar refractivity (Wildman–Crippen MR) is 69.7 cm³/mol. The molecule has 0 aliphatic carbocycles. The van der Waals surface area contributed by atoms with E-state index in [2.05, 4.69) is 20.8 Å². The lowest BCUT2D eigenvalue weighted by Crippen LogP contribution is -2.32. The number of halogens is 2. The van der Waals surface area contributed by atoms with Crippen LogP contribution in [-0.4, -0.2) is 28.6 Å². The maximum Gasteiger partial charge on any atom is 0.308 e. The average molecular weight is 316 g/mol. The van der Waals surface area contributed by atoms with E-state index in [-0.39, 0.29) is 17.8 Å². The molecule has 1 saturated heterocycles. The first-order valence-electron chi connectivity index (χ1n) is 5.90. The first-order chi connectivity index (χ1) is 8.49. The van der Waals surface area contributed by atoms with Gasteiger partial charge in [-0.25, -0.2) is 4.39 Å². The number of carboxylic acids is 1. The van der Waals surface area contributed by atoms with Crippen molar-refractivity contribution in [2.24, 2.45) is 5.92 Å². The van der Waals surface area contributed by atoms with Gasteiger partial charge in [-0.15, -0.1) is 0 Å². The Balaban J connectivity index is 2.09. The van der Waals surface area contributed by atoms with Crippen molar-refractivity contribution in [3.63, 3.8) is 0 Å². The Hall–Kier alpha value is -0.940. The van der Waals surface area contributed by atoms with Gasteiger partial charge in [-0.2, -0.15) is 0 Å². The van der Waals surface area contributed by atoms with Gasteiger partial charge in [0.2, 0.25) is 0 Å². The van der Waals surface area contributed by atoms with Gasteiger partial charge in [0.25, 0.3) is 0 Å². The lowest BCUT2D eigenvalue weighted by molar-refractivity contribution is -0.142. The molecule has 0 radical (unpaired) electrons. The maximum atomic E-state index is 13.0. The Morgan fingerprint density at radius 1 is 1.61 bits per heavy atom. The van der Waals surface area contributed by atoms with Gasteiger partial charge in [-0.3, -0.25) is 9.69 Å². The van der Waals surface area contributed by atoms with Gasteiger partial charge in [0.05, 0.1) is 5.92 Å². The van der Waals surface area contributed by atoms with Gasteiger partial charge < -0.3 is 5.11 Å². The van der Waals surface area contributed by atoms with Crippen molar-refractivity contribution in [3.8, 4) is 0 Å². The van der Waals surface area contributed by atoms with Gasteiger partial charge in [0.1, 0.15) is 5.82 Å². The van der Waals surface area contributed by atoms with Crippen molar-refractivity contribution < 1.29 is 14.3 Å². The van der Waals surface area contributed by atoms with Crippen LogP contribution in [0.1, 0.15) is 18.9 Å². The molecule has 98 valence electrons. The molecule has 0 saturated carbocycles. The molecule has 1 aliphatic heterocycles. The Kier molecular flexibility index (Phi) is 4.02. The average Bonchev–Trinajstić information content (AvgIpc) is 2.64. The van der Waals surface area contributed by atoms with Crippen LogP contribution in [0.4, 0.5) is 4.39 Å². The SMILES string of the molecule is CC1C(C(=O)O)CCN1Cc1ccc(F)cc1Br. The van der Waals surface area contributed by atoms with Gasteiger partial charge in [0.15, 0.2) is 0 Å². The molecule has 1 aromatic carbocycles. The summed E-state index contributed by atoms with van der Waals surface area (Å²) in [7, 11) is 0. The minimum absolute atomic E-state index is 0.0134. The summed E-state index contributed by atoms with van der Waals surface area (Å²) in [6.07, 6.45) is 0.676. The third kappa shape index (κ3) is 2.72. The molecule has 1 heterocycles. The zero-order chi connectivity index (χ0) is 13.3. The van der Waals surface area contributed by atoms with Crippen molar-refractivity contribution in [1.82, 2.24) is 4.90 Å². The summed E-state index contributed by atoms with van der Waals surface area (Å²) < 4.78 is 13.7. The van der Waals surface area contributed by atoms with E-state index in [0.29, 0.717) is 13.0 Å². The van der Waals surface area contributed by atoms with Gasteiger partial charge in [-0.05, 0) is 37.6 Å². The van der Waals surface area contributed by atoms with E-state index in [1.165, 1.54) is 12.1 Å². The monoisotopic (exact) mass is 315 g/mol.